The van der Waals surface area contributed by atoms with Crippen LogP contribution in [0, 0.1) is 5.92 Å². The summed E-state index contributed by atoms with van der Waals surface area (Å²) in [7, 11) is 0. The van der Waals surface area contributed by atoms with Crippen molar-refractivity contribution in [2.75, 3.05) is 6.54 Å². The molecule has 0 amide bonds. The Morgan fingerprint density at radius 3 is 2.50 bits per heavy atom. The molecule has 92 valence electrons. The summed E-state index contributed by atoms with van der Waals surface area (Å²) in [5, 5.41) is 3.56. The first-order chi connectivity index (χ1) is 7.67. The third-order valence-electron chi connectivity index (χ3n) is 2.72. The highest BCUT2D eigenvalue weighted by atomic mass is 16.3. The molecule has 0 bridgehead atoms. The molecule has 0 aliphatic rings. The number of hydrogen-bond acceptors (Lipinski definition) is 2. The zero-order valence-corrected chi connectivity index (χ0v) is 11.0. The quantitative estimate of drug-likeness (QED) is 0.757. The van der Waals surface area contributed by atoms with E-state index in [1.54, 1.807) is 0 Å². The Balaban J connectivity index is 2.66. The van der Waals surface area contributed by atoms with Crippen molar-refractivity contribution >= 4 is 0 Å². The second-order valence-electron chi connectivity index (χ2n) is 4.79. The maximum atomic E-state index is 5.83. The predicted octanol–water partition coefficient (Wildman–Crippen LogP) is 3.93. The Labute approximate surface area is 99.4 Å². The van der Waals surface area contributed by atoms with E-state index >= 15 is 0 Å². The van der Waals surface area contributed by atoms with Crippen LogP contribution in [0.4, 0.5) is 0 Å². The van der Waals surface area contributed by atoms with E-state index in [4.69, 9.17) is 4.42 Å². The minimum atomic E-state index is 0.375. The van der Waals surface area contributed by atoms with Crippen LogP contribution < -0.4 is 5.32 Å². The number of hydrogen-bond donors (Lipinski definition) is 1. The molecule has 0 aliphatic carbocycles. The molecule has 1 rings (SSSR count). The average molecular weight is 223 g/mol. The second kappa shape index (κ2) is 6.74. The van der Waals surface area contributed by atoms with Crippen LogP contribution in [0.2, 0.25) is 0 Å². The zero-order valence-electron chi connectivity index (χ0n) is 11.0. The van der Waals surface area contributed by atoms with Gasteiger partial charge >= 0.3 is 0 Å². The highest BCUT2D eigenvalue weighted by Crippen LogP contribution is 2.23. The van der Waals surface area contributed by atoms with Crippen LogP contribution in [0.1, 0.15) is 58.1 Å². The molecule has 0 aliphatic heterocycles. The van der Waals surface area contributed by atoms with Gasteiger partial charge in [0.15, 0.2) is 0 Å². The van der Waals surface area contributed by atoms with Crippen LogP contribution in [-0.4, -0.2) is 6.54 Å². The molecule has 1 atom stereocenters. The van der Waals surface area contributed by atoms with Gasteiger partial charge in [-0.1, -0.05) is 27.7 Å². The van der Waals surface area contributed by atoms with Gasteiger partial charge in [0.1, 0.15) is 11.5 Å². The third kappa shape index (κ3) is 4.01. The minimum Gasteiger partial charge on any atom is -0.464 e. The lowest BCUT2D eigenvalue weighted by atomic mass is 10.0. The Morgan fingerprint density at radius 2 is 2.00 bits per heavy atom. The molecule has 0 saturated heterocycles. The van der Waals surface area contributed by atoms with Gasteiger partial charge in [0, 0.05) is 6.42 Å². The van der Waals surface area contributed by atoms with E-state index in [9.17, 15) is 0 Å². The SMILES string of the molecule is CCCNC(CC(C)C)c1ccc(CC)o1. The molecule has 16 heavy (non-hydrogen) atoms. The van der Waals surface area contributed by atoms with Crippen molar-refractivity contribution in [2.24, 2.45) is 5.92 Å². The molecule has 0 aromatic carbocycles. The Hall–Kier alpha value is -0.760. The van der Waals surface area contributed by atoms with Gasteiger partial charge in [-0.05, 0) is 37.4 Å². The van der Waals surface area contributed by atoms with Crippen LogP contribution in [0.25, 0.3) is 0 Å². The standard InChI is InChI=1S/C14H25NO/c1-5-9-15-13(10-11(3)4)14-8-7-12(6-2)16-14/h7-8,11,13,15H,5-6,9-10H2,1-4H3. The maximum absolute atomic E-state index is 5.83. The lowest BCUT2D eigenvalue weighted by Gasteiger charge is -2.18. The van der Waals surface area contributed by atoms with Crippen LogP contribution >= 0.6 is 0 Å². The number of furan rings is 1. The Morgan fingerprint density at radius 1 is 1.25 bits per heavy atom. The van der Waals surface area contributed by atoms with Gasteiger partial charge in [-0.25, -0.2) is 0 Å². The van der Waals surface area contributed by atoms with E-state index in [1.807, 2.05) is 0 Å². The summed E-state index contributed by atoms with van der Waals surface area (Å²) in [5.41, 5.74) is 0. The van der Waals surface area contributed by atoms with Crippen LogP contribution in [0.15, 0.2) is 16.5 Å². The molecule has 0 spiro atoms. The highest BCUT2D eigenvalue weighted by Gasteiger charge is 2.15. The number of nitrogens with one attached hydrogen (secondary N) is 1. The average Bonchev–Trinajstić information content (AvgIpc) is 2.72. The minimum absolute atomic E-state index is 0.375. The predicted molar refractivity (Wildman–Crippen MR) is 68.6 cm³/mol. The van der Waals surface area contributed by atoms with Crippen molar-refractivity contribution in [1.29, 1.82) is 0 Å². The fourth-order valence-electron chi connectivity index (χ4n) is 1.86. The maximum Gasteiger partial charge on any atom is 0.121 e. The normalized spacial score (nSPS) is 13.3. The summed E-state index contributed by atoms with van der Waals surface area (Å²) >= 11 is 0. The number of aryl methyl sites for hydroxylation is 1. The third-order valence-corrected chi connectivity index (χ3v) is 2.72. The summed E-state index contributed by atoms with van der Waals surface area (Å²) in [6.07, 6.45) is 3.27. The van der Waals surface area contributed by atoms with E-state index in [1.165, 1.54) is 0 Å². The molecular weight excluding hydrogens is 198 g/mol. The van der Waals surface area contributed by atoms with E-state index in [0.29, 0.717) is 12.0 Å². The van der Waals surface area contributed by atoms with Gasteiger partial charge in [-0.2, -0.15) is 0 Å². The van der Waals surface area contributed by atoms with Crippen molar-refractivity contribution in [1.82, 2.24) is 5.32 Å². The second-order valence-corrected chi connectivity index (χ2v) is 4.79. The van der Waals surface area contributed by atoms with Crippen LogP contribution in [-0.2, 0) is 6.42 Å². The van der Waals surface area contributed by atoms with Gasteiger partial charge in [-0.3, -0.25) is 0 Å². The van der Waals surface area contributed by atoms with Gasteiger partial charge in [0.25, 0.3) is 0 Å². The van der Waals surface area contributed by atoms with Crippen LogP contribution in [0.3, 0.4) is 0 Å². The molecule has 0 saturated carbocycles. The lowest BCUT2D eigenvalue weighted by Crippen LogP contribution is -2.23. The van der Waals surface area contributed by atoms with E-state index in [2.05, 4.69) is 45.1 Å². The first kappa shape index (κ1) is 13.3. The first-order valence-electron chi connectivity index (χ1n) is 6.49. The lowest BCUT2D eigenvalue weighted by molar-refractivity contribution is 0.351. The molecule has 1 unspecified atom stereocenters. The summed E-state index contributed by atoms with van der Waals surface area (Å²) in [6, 6.07) is 4.59. The topological polar surface area (TPSA) is 25.2 Å². The molecule has 1 N–H and O–H groups in total. The molecule has 2 nitrogen and oxygen atoms in total. The van der Waals surface area contributed by atoms with Crippen molar-refractivity contribution in [3.8, 4) is 0 Å². The Bertz CT molecular complexity index is 291. The van der Waals surface area contributed by atoms with Crippen molar-refractivity contribution in [3.05, 3.63) is 23.7 Å². The Kier molecular flexibility index (Phi) is 5.61. The van der Waals surface area contributed by atoms with E-state index in [0.717, 1.165) is 37.3 Å². The fraction of sp³-hybridized carbons (Fsp3) is 0.714. The molecular formula is C14H25NO. The van der Waals surface area contributed by atoms with Gasteiger partial charge in [0.05, 0.1) is 6.04 Å². The van der Waals surface area contributed by atoms with Gasteiger partial charge in [0.2, 0.25) is 0 Å². The highest BCUT2D eigenvalue weighted by molar-refractivity contribution is 5.11. The van der Waals surface area contributed by atoms with E-state index < -0.39 is 0 Å². The molecule has 2 heteroatoms. The molecule has 1 heterocycles. The van der Waals surface area contributed by atoms with Crippen molar-refractivity contribution in [3.63, 3.8) is 0 Å². The van der Waals surface area contributed by atoms with Gasteiger partial charge < -0.3 is 9.73 Å². The zero-order chi connectivity index (χ0) is 12.0. The number of rotatable bonds is 7. The largest absolute Gasteiger partial charge is 0.464 e. The van der Waals surface area contributed by atoms with Gasteiger partial charge in [-0.15, -0.1) is 0 Å². The van der Waals surface area contributed by atoms with Crippen molar-refractivity contribution in [2.45, 2.75) is 53.0 Å². The summed E-state index contributed by atoms with van der Waals surface area (Å²) < 4.78 is 5.83. The monoisotopic (exact) mass is 223 g/mol. The summed E-state index contributed by atoms with van der Waals surface area (Å²) in [4.78, 5) is 0. The van der Waals surface area contributed by atoms with E-state index in [-0.39, 0.29) is 0 Å². The fourth-order valence-corrected chi connectivity index (χ4v) is 1.86. The molecule has 1 aromatic heterocycles. The van der Waals surface area contributed by atoms with Crippen LogP contribution in [0.5, 0.6) is 0 Å². The smallest absolute Gasteiger partial charge is 0.121 e. The molecule has 0 radical (unpaired) electrons. The molecule has 1 aromatic rings. The van der Waals surface area contributed by atoms with Crippen molar-refractivity contribution < 1.29 is 4.42 Å². The first-order valence-corrected chi connectivity index (χ1v) is 6.49. The summed E-state index contributed by atoms with van der Waals surface area (Å²) in [6.45, 7) is 9.88. The summed E-state index contributed by atoms with van der Waals surface area (Å²) in [5.74, 6) is 2.87. The molecule has 0 fully saturated rings.